The second-order valence-electron chi connectivity index (χ2n) is 4.81. The highest BCUT2D eigenvalue weighted by atomic mass is 19.1. The van der Waals surface area contributed by atoms with Gasteiger partial charge in [-0.3, -0.25) is 0 Å². The Balaban J connectivity index is 2.18. The molecule has 0 saturated heterocycles. The number of hydrogen-bond acceptors (Lipinski definition) is 2. The summed E-state index contributed by atoms with van der Waals surface area (Å²) in [6, 6.07) is 12.9. The number of nitrogens with zero attached hydrogens (tertiary/aromatic N) is 1. The predicted molar refractivity (Wildman–Crippen MR) is 77.6 cm³/mol. The van der Waals surface area contributed by atoms with E-state index >= 15 is 0 Å². The van der Waals surface area contributed by atoms with Crippen LogP contribution in [0.5, 0.6) is 0 Å². The van der Waals surface area contributed by atoms with Crippen LogP contribution in [0.15, 0.2) is 42.5 Å². The fraction of sp³-hybridized carbons (Fsp3) is 0.250. The first-order chi connectivity index (χ1) is 9.10. The van der Waals surface area contributed by atoms with Crippen molar-refractivity contribution in [2.24, 2.45) is 5.73 Å². The zero-order valence-corrected chi connectivity index (χ0v) is 11.4. The van der Waals surface area contributed by atoms with E-state index in [1.54, 1.807) is 12.1 Å². The quantitative estimate of drug-likeness (QED) is 0.912. The van der Waals surface area contributed by atoms with Crippen molar-refractivity contribution in [3.63, 3.8) is 0 Å². The maximum Gasteiger partial charge on any atom is 0.123 e. The van der Waals surface area contributed by atoms with E-state index in [1.165, 1.54) is 11.6 Å². The fourth-order valence-electron chi connectivity index (χ4n) is 2.27. The molecule has 0 heterocycles. The van der Waals surface area contributed by atoms with Gasteiger partial charge in [0.15, 0.2) is 0 Å². The molecule has 2 N–H and O–H groups in total. The third-order valence-corrected chi connectivity index (χ3v) is 3.22. The average molecular weight is 258 g/mol. The van der Waals surface area contributed by atoms with Gasteiger partial charge in [-0.05, 0) is 41.8 Å². The van der Waals surface area contributed by atoms with E-state index in [4.69, 9.17) is 5.73 Å². The van der Waals surface area contributed by atoms with Crippen molar-refractivity contribution in [1.29, 1.82) is 0 Å². The van der Waals surface area contributed by atoms with Gasteiger partial charge in [0, 0.05) is 25.8 Å². The summed E-state index contributed by atoms with van der Waals surface area (Å²) in [6.45, 7) is 3.30. The number of rotatable bonds is 4. The summed E-state index contributed by atoms with van der Waals surface area (Å²) in [5.41, 5.74) is 10.0. The largest absolute Gasteiger partial charge is 0.370 e. The zero-order valence-electron chi connectivity index (χ0n) is 11.4. The lowest BCUT2D eigenvalue weighted by Crippen LogP contribution is -2.17. The number of anilines is 1. The maximum absolute atomic E-state index is 13.2. The molecule has 2 rings (SSSR count). The molecule has 2 aromatic rings. The maximum atomic E-state index is 13.2. The van der Waals surface area contributed by atoms with Gasteiger partial charge in [0.25, 0.3) is 0 Å². The molecule has 0 unspecified atom stereocenters. The molecule has 0 aliphatic rings. The first kappa shape index (κ1) is 13.6. The lowest BCUT2D eigenvalue weighted by atomic mass is 10.1. The molecule has 0 aliphatic carbocycles. The van der Waals surface area contributed by atoms with Gasteiger partial charge in [0.05, 0.1) is 0 Å². The molecule has 19 heavy (non-hydrogen) atoms. The monoisotopic (exact) mass is 258 g/mol. The molecule has 0 saturated carbocycles. The van der Waals surface area contributed by atoms with Crippen LogP contribution in [0, 0.1) is 12.7 Å². The van der Waals surface area contributed by atoms with Crippen molar-refractivity contribution in [3.05, 3.63) is 65.0 Å². The third kappa shape index (κ3) is 3.32. The van der Waals surface area contributed by atoms with E-state index in [-0.39, 0.29) is 5.82 Å². The summed E-state index contributed by atoms with van der Waals surface area (Å²) in [7, 11) is 2.01. The van der Waals surface area contributed by atoms with Gasteiger partial charge in [0.1, 0.15) is 5.82 Å². The van der Waals surface area contributed by atoms with E-state index in [2.05, 4.69) is 24.0 Å². The number of benzene rings is 2. The molecule has 0 amide bonds. The minimum Gasteiger partial charge on any atom is -0.370 e. The summed E-state index contributed by atoms with van der Waals surface area (Å²) in [5, 5.41) is 0. The van der Waals surface area contributed by atoms with Crippen molar-refractivity contribution in [2.75, 3.05) is 11.9 Å². The summed E-state index contributed by atoms with van der Waals surface area (Å²) in [4.78, 5) is 2.12. The topological polar surface area (TPSA) is 29.3 Å². The van der Waals surface area contributed by atoms with E-state index in [9.17, 15) is 4.39 Å². The van der Waals surface area contributed by atoms with Crippen LogP contribution in [0.25, 0.3) is 0 Å². The summed E-state index contributed by atoms with van der Waals surface area (Å²) < 4.78 is 13.2. The molecule has 0 radical (unpaired) electrons. The second-order valence-corrected chi connectivity index (χ2v) is 4.81. The van der Waals surface area contributed by atoms with E-state index in [0.717, 1.165) is 16.8 Å². The highest BCUT2D eigenvalue weighted by Crippen LogP contribution is 2.22. The number of hydrogen-bond donors (Lipinski definition) is 1. The molecule has 0 aliphatic heterocycles. The summed E-state index contributed by atoms with van der Waals surface area (Å²) >= 11 is 0. The minimum atomic E-state index is -0.193. The number of aryl methyl sites for hydroxylation is 1. The normalized spacial score (nSPS) is 10.5. The van der Waals surface area contributed by atoms with Crippen molar-refractivity contribution < 1.29 is 4.39 Å². The van der Waals surface area contributed by atoms with Crippen LogP contribution in [0.3, 0.4) is 0 Å². The molecule has 100 valence electrons. The van der Waals surface area contributed by atoms with Gasteiger partial charge in [-0.25, -0.2) is 4.39 Å². The van der Waals surface area contributed by atoms with Crippen molar-refractivity contribution in [3.8, 4) is 0 Å². The van der Waals surface area contributed by atoms with Gasteiger partial charge in [-0.15, -0.1) is 0 Å². The Hall–Kier alpha value is -1.87. The highest BCUT2D eigenvalue weighted by molar-refractivity contribution is 5.54. The van der Waals surface area contributed by atoms with Crippen LogP contribution < -0.4 is 10.6 Å². The Labute approximate surface area is 113 Å². The lowest BCUT2D eigenvalue weighted by Gasteiger charge is -2.22. The molecule has 2 nitrogen and oxygen atoms in total. The van der Waals surface area contributed by atoms with Crippen LogP contribution in [0.4, 0.5) is 10.1 Å². The smallest absolute Gasteiger partial charge is 0.123 e. The Morgan fingerprint density at radius 2 is 1.89 bits per heavy atom. The van der Waals surface area contributed by atoms with Crippen LogP contribution in [-0.4, -0.2) is 7.05 Å². The lowest BCUT2D eigenvalue weighted by molar-refractivity contribution is 0.625. The van der Waals surface area contributed by atoms with E-state index in [1.807, 2.05) is 19.2 Å². The van der Waals surface area contributed by atoms with Crippen LogP contribution in [0.1, 0.15) is 16.7 Å². The zero-order chi connectivity index (χ0) is 13.8. The average Bonchev–Trinajstić information content (AvgIpc) is 2.38. The van der Waals surface area contributed by atoms with Gasteiger partial charge in [0.2, 0.25) is 0 Å². The number of halogens is 1. The molecule has 3 heteroatoms. The standard InChI is InChI=1S/C16H19FN2/c1-12-8-13(10-18)6-7-16(12)19(2)11-14-4-3-5-15(17)9-14/h3-9H,10-11,18H2,1-2H3. The van der Waals surface area contributed by atoms with Crippen molar-refractivity contribution in [1.82, 2.24) is 0 Å². The third-order valence-electron chi connectivity index (χ3n) is 3.22. The molecule has 0 atom stereocenters. The molecular weight excluding hydrogens is 239 g/mol. The Morgan fingerprint density at radius 3 is 2.53 bits per heavy atom. The molecule has 0 spiro atoms. The fourth-order valence-corrected chi connectivity index (χ4v) is 2.27. The second kappa shape index (κ2) is 5.85. The SMILES string of the molecule is Cc1cc(CN)ccc1N(C)Cc1cccc(F)c1. The van der Waals surface area contributed by atoms with Gasteiger partial charge in [-0.1, -0.05) is 24.3 Å². The Morgan fingerprint density at radius 1 is 1.11 bits per heavy atom. The molecule has 0 bridgehead atoms. The highest BCUT2D eigenvalue weighted by Gasteiger charge is 2.06. The predicted octanol–water partition coefficient (Wildman–Crippen LogP) is 3.23. The Kier molecular flexibility index (Phi) is 4.17. The van der Waals surface area contributed by atoms with Crippen LogP contribution >= 0.6 is 0 Å². The van der Waals surface area contributed by atoms with E-state index < -0.39 is 0 Å². The van der Waals surface area contributed by atoms with Crippen molar-refractivity contribution >= 4 is 5.69 Å². The van der Waals surface area contributed by atoms with Crippen LogP contribution in [-0.2, 0) is 13.1 Å². The summed E-state index contributed by atoms with van der Waals surface area (Å²) in [5.74, 6) is -0.193. The Bertz CT molecular complexity index is 566. The molecule has 2 aromatic carbocycles. The molecule has 0 fully saturated rings. The van der Waals surface area contributed by atoms with Crippen LogP contribution in [0.2, 0.25) is 0 Å². The first-order valence-corrected chi connectivity index (χ1v) is 6.35. The summed E-state index contributed by atoms with van der Waals surface area (Å²) in [6.07, 6.45) is 0. The van der Waals surface area contributed by atoms with Gasteiger partial charge < -0.3 is 10.6 Å². The minimum absolute atomic E-state index is 0.193. The van der Waals surface area contributed by atoms with Crippen molar-refractivity contribution in [2.45, 2.75) is 20.0 Å². The van der Waals surface area contributed by atoms with E-state index in [0.29, 0.717) is 13.1 Å². The van der Waals surface area contributed by atoms with Gasteiger partial charge >= 0.3 is 0 Å². The number of nitrogens with two attached hydrogens (primary N) is 1. The molecular formula is C16H19FN2. The first-order valence-electron chi connectivity index (χ1n) is 6.35. The van der Waals surface area contributed by atoms with Gasteiger partial charge in [-0.2, -0.15) is 0 Å². The molecule has 0 aromatic heterocycles.